The van der Waals surface area contributed by atoms with Crippen LogP contribution in [0, 0.1) is 16.1 Å². The predicted molar refractivity (Wildman–Crippen MR) is 80.7 cm³/mol. The Bertz CT molecular complexity index is 660. The number of nitriles is 1. The van der Waals surface area contributed by atoms with Crippen molar-refractivity contribution in [3.63, 3.8) is 0 Å². The van der Waals surface area contributed by atoms with Crippen LogP contribution in [-0.4, -0.2) is 9.55 Å². The van der Waals surface area contributed by atoms with E-state index in [9.17, 15) is 0 Å². The zero-order valence-corrected chi connectivity index (χ0v) is 12.3. The summed E-state index contributed by atoms with van der Waals surface area (Å²) in [6.45, 7) is 4.40. The quantitative estimate of drug-likeness (QED) is 0.633. The highest BCUT2D eigenvalue weighted by Crippen LogP contribution is 2.23. The minimum Gasteiger partial charge on any atom is -0.331 e. The molecule has 0 saturated carbocycles. The predicted octanol–water partition coefficient (Wildman–Crippen LogP) is 4.71. The first-order valence-corrected chi connectivity index (χ1v) is 7.22. The van der Waals surface area contributed by atoms with E-state index in [1.54, 1.807) is 0 Å². The van der Waals surface area contributed by atoms with Crippen LogP contribution < -0.4 is 0 Å². The SMILES string of the molecule is CCCCCC(C)n1c(=S)[nH]c2ccc(C#N)cc21. The molecule has 1 aromatic carbocycles. The van der Waals surface area contributed by atoms with Crippen LogP contribution in [-0.2, 0) is 0 Å². The monoisotopic (exact) mass is 273 g/mol. The third-order valence-electron chi connectivity index (χ3n) is 3.51. The summed E-state index contributed by atoms with van der Waals surface area (Å²) in [5, 5.41) is 9.01. The lowest BCUT2D eigenvalue weighted by Gasteiger charge is -2.14. The van der Waals surface area contributed by atoms with Gasteiger partial charge in [-0.25, -0.2) is 0 Å². The van der Waals surface area contributed by atoms with E-state index < -0.39 is 0 Å². The molecule has 1 unspecified atom stereocenters. The zero-order valence-electron chi connectivity index (χ0n) is 11.4. The Labute approximate surface area is 118 Å². The van der Waals surface area contributed by atoms with Crippen LogP contribution in [0.3, 0.4) is 0 Å². The Hall–Kier alpha value is -1.60. The standard InChI is InChI=1S/C15H19N3S/c1-3-4-5-6-11(2)18-14-9-12(10-16)7-8-13(14)17-15(18)19/h7-9,11H,3-6H2,1-2H3,(H,17,19). The molecular formula is C15H19N3S. The molecule has 4 heteroatoms. The topological polar surface area (TPSA) is 44.5 Å². The molecule has 0 fully saturated rings. The Morgan fingerprint density at radius 3 is 2.89 bits per heavy atom. The summed E-state index contributed by atoms with van der Waals surface area (Å²) in [5.41, 5.74) is 2.72. The molecule has 0 radical (unpaired) electrons. The minimum absolute atomic E-state index is 0.363. The number of fused-ring (bicyclic) bond motifs is 1. The maximum atomic E-state index is 9.01. The number of nitrogens with zero attached hydrogens (tertiary/aromatic N) is 2. The van der Waals surface area contributed by atoms with Gasteiger partial charge in [-0.15, -0.1) is 0 Å². The second-order valence-electron chi connectivity index (χ2n) is 4.99. The van der Waals surface area contributed by atoms with Crippen LogP contribution in [0.5, 0.6) is 0 Å². The number of hydrogen-bond donors (Lipinski definition) is 1. The van der Waals surface area contributed by atoms with Crippen molar-refractivity contribution in [2.24, 2.45) is 0 Å². The van der Waals surface area contributed by atoms with Gasteiger partial charge in [0.2, 0.25) is 0 Å². The smallest absolute Gasteiger partial charge is 0.178 e. The van der Waals surface area contributed by atoms with Crippen molar-refractivity contribution in [2.45, 2.75) is 45.6 Å². The van der Waals surface area contributed by atoms with Gasteiger partial charge in [0, 0.05) is 6.04 Å². The van der Waals surface area contributed by atoms with Crippen molar-refractivity contribution >= 4 is 23.3 Å². The highest BCUT2D eigenvalue weighted by Gasteiger charge is 2.11. The maximum absolute atomic E-state index is 9.01. The van der Waals surface area contributed by atoms with E-state index >= 15 is 0 Å². The van der Waals surface area contributed by atoms with Crippen LogP contribution in [0.15, 0.2) is 18.2 Å². The first-order chi connectivity index (χ1) is 9.17. The van der Waals surface area contributed by atoms with Gasteiger partial charge >= 0.3 is 0 Å². The fourth-order valence-corrected chi connectivity index (χ4v) is 2.84. The molecule has 0 amide bonds. The molecular weight excluding hydrogens is 254 g/mol. The van der Waals surface area contributed by atoms with Gasteiger partial charge in [-0.2, -0.15) is 5.26 Å². The van der Waals surface area contributed by atoms with Crippen molar-refractivity contribution in [3.05, 3.63) is 28.5 Å². The van der Waals surface area contributed by atoms with E-state index in [2.05, 4.69) is 29.5 Å². The number of hydrogen-bond acceptors (Lipinski definition) is 2. The number of unbranched alkanes of at least 4 members (excludes halogenated alkanes) is 2. The van der Waals surface area contributed by atoms with Gasteiger partial charge in [0.1, 0.15) is 0 Å². The minimum atomic E-state index is 0.363. The summed E-state index contributed by atoms with van der Waals surface area (Å²) in [7, 11) is 0. The number of imidazole rings is 1. The summed E-state index contributed by atoms with van der Waals surface area (Å²) < 4.78 is 2.88. The largest absolute Gasteiger partial charge is 0.331 e. The van der Waals surface area contributed by atoms with Gasteiger partial charge in [-0.05, 0) is 43.8 Å². The van der Waals surface area contributed by atoms with Crippen molar-refractivity contribution < 1.29 is 0 Å². The van der Waals surface area contributed by atoms with Gasteiger partial charge in [0.25, 0.3) is 0 Å². The first-order valence-electron chi connectivity index (χ1n) is 6.81. The highest BCUT2D eigenvalue weighted by molar-refractivity contribution is 7.71. The number of benzene rings is 1. The van der Waals surface area contributed by atoms with E-state index in [0.717, 1.165) is 22.2 Å². The zero-order chi connectivity index (χ0) is 13.8. The lowest BCUT2D eigenvalue weighted by molar-refractivity contribution is 0.483. The molecule has 1 heterocycles. The van der Waals surface area contributed by atoms with Gasteiger partial charge in [-0.1, -0.05) is 26.2 Å². The van der Waals surface area contributed by atoms with E-state index in [-0.39, 0.29) is 0 Å². The van der Waals surface area contributed by atoms with Gasteiger partial charge < -0.3 is 9.55 Å². The van der Waals surface area contributed by atoms with E-state index in [0.29, 0.717) is 11.6 Å². The highest BCUT2D eigenvalue weighted by atomic mass is 32.1. The van der Waals surface area contributed by atoms with Gasteiger partial charge in [-0.3, -0.25) is 0 Å². The summed E-state index contributed by atoms with van der Waals surface area (Å²) >= 11 is 5.41. The summed E-state index contributed by atoms with van der Waals surface area (Å²) in [6, 6.07) is 8.21. The number of aromatic nitrogens is 2. The Balaban J connectivity index is 2.38. The molecule has 100 valence electrons. The molecule has 1 aromatic heterocycles. The average molecular weight is 273 g/mol. The van der Waals surface area contributed by atoms with E-state index in [1.807, 2.05) is 18.2 Å². The lowest BCUT2D eigenvalue weighted by Crippen LogP contribution is -2.05. The molecule has 2 aromatic rings. The van der Waals surface area contributed by atoms with Crippen LogP contribution in [0.2, 0.25) is 0 Å². The van der Waals surface area contributed by atoms with E-state index in [1.165, 1.54) is 19.3 Å². The average Bonchev–Trinajstić information content (AvgIpc) is 2.73. The Kier molecular flexibility index (Phi) is 4.39. The maximum Gasteiger partial charge on any atom is 0.178 e. The van der Waals surface area contributed by atoms with Crippen molar-refractivity contribution in [2.75, 3.05) is 0 Å². The van der Waals surface area contributed by atoms with Crippen molar-refractivity contribution in [3.8, 4) is 6.07 Å². The molecule has 0 bridgehead atoms. The second kappa shape index (κ2) is 6.03. The van der Waals surface area contributed by atoms with Crippen LogP contribution in [0.1, 0.15) is 51.1 Å². The van der Waals surface area contributed by atoms with Crippen molar-refractivity contribution in [1.29, 1.82) is 5.26 Å². The number of nitrogens with one attached hydrogen (secondary N) is 1. The van der Waals surface area contributed by atoms with E-state index in [4.69, 9.17) is 17.5 Å². The Morgan fingerprint density at radius 2 is 2.21 bits per heavy atom. The van der Waals surface area contributed by atoms with Gasteiger partial charge in [0.05, 0.1) is 22.7 Å². The molecule has 0 aliphatic rings. The number of aromatic amines is 1. The normalized spacial score (nSPS) is 12.5. The van der Waals surface area contributed by atoms with Gasteiger partial charge in [0.15, 0.2) is 4.77 Å². The molecule has 0 spiro atoms. The third-order valence-corrected chi connectivity index (χ3v) is 3.81. The molecule has 19 heavy (non-hydrogen) atoms. The number of H-pyrrole nitrogens is 1. The van der Waals surface area contributed by atoms with Crippen LogP contribution >= 0.6 is 12.2 Å². The van der Waals surface area contributed by atoms with Crippen LogP contribution in [0.25, 0.3) is 11.0 Å². The molecule has 3 nitrogen and oxygen atoms in total. The fraction of sp³-hybridized carbons (Fsp3) is 0.467. The molecule has 0 aliphatic heterocycles. The summed E-state index contributed by atoms with van der Waals surface area (Å²) in [5.74, 6) is 0. The van der Waals surface area contributed by atoms with Crippen LogP contribution in [0.4, 0.5) is 0 Å². The molecule has 1 N–H and O–H groups in total. The molecule has 1 atom stereocenters. The lowest BCUT2D eigenvalue weighted by atomic mass is 10.1. The number of rotatable bonds is 5. The fourth-order valence-electron chi connectivity index (χ4n) is 2.45. The third kappa shape index (κ3) is 2.87. The van der Waals surface area contributed by atoms with Crippen molar-refractivity contribution in [1.82, 2.24) is 9.55 Å². The molecule has 0 saturated heterocycles. The summed E-state index contributed by atoms with van der Waals surface area (Å²) in [6.07, 6.45) is 4.81. The second-order valence-corrected chi connectivity index (χ2v) is 5.38. The molecule has 0 aliphatic carbocycles. The first kappa shape index (κ1) is 13.8. The molecule has 2 rings (SSSR count). The Morgan fingerprint density at radius 1 is 1.42 bits per heavy atom. The summed E-state index contributed by atoms with van der Waals surface area (Å²) in [4.78, 5) is 3.22.